The van der Waals surface area contributed by atoms with Gasteiger partial charge in [0.1, 0.15) is 13.6 Å². The van der Waals surface area contributed by atoms with Gasteiger partial charge in [-0.1, -0.05) is 25.1 Å². The van der Waals surface area contributed by atoms with Gasteiger partial charge >= 0.3 is 0 Å². The van der Waals surface area contributed by atoms with Gasteiger partial charge in [0.15, 0.2) is 0 Å². The minimum Gasteiger partial charge on any atom is -0.494 e. The van der Waals surface area contributed by atoms with E-state index in [1.165, 1.54) is 0 Å². The topological polar surface area (TPSA) is 9.23 Å². The lowest BCUT2D eigenvalue weighted by Crippen LogP contribution is -2.02. The highest BCUT2D eigenvalue weighted by Gasteiger charge is 1.94. The van der Waals surface area contributed by atoms with E-state index in [1.807, 2.05) is 30.3 Å². The van der Waals surface area contributed by atoms with Crippen molar-refractivity contribution in [2.24, 2.45) is 0 Å². The van der Waals surface area contributed by atoms with Gasteiger partial charge in [-0.15, -0.1) is 0 Å². The van der Waals surface area contributed by atoms with Crippen LogP contribution in [0.5, 0.6) is 5.75 Å². The average molecular weight is 148 g/mol. The van der Waals surface area contributed by atoms with E-state index in [-0.39, 0.29) is 0 Å². The molecule has 0 aliphatic rings. The van der Waals surface area contributed by atoms with Crippen molar-refractivity contribution in [3.05, 3.63) is 30.3 Å². The van der Waals surface area contributed by atoms with E-state index in [9.17, 15) is 0 Å². The standard InChI is InChI=1S/C9H13BO/c1-8(10)7-11-9-5-3-2-4-6-9/h2-6,8H,7,10H2,1H3. The molecule has 1 aromatic carbocycles. The molecule has 0 aromatic heterocycles. The molecule has 0 saturated heterocycles. The van der Waals surface area contributed by atoms with E-state index in [0.29, 0.717) is 5.82 Å². The predicted octanol–water partition coefficient (Wildman–Crippen LogP) is 1.51. The van der Waals surface area contributed by atoms with Crippen LogP contribution in [0, 0.1) is 0 Å². The highest BCUT2D eigenvalue weighted by atomic mass is 16.5. The van der Waals surface area contributed by atoms with Crippen molar-refractivity contribution in [1.82, 2.24) is 0 Å². The van der Waals surface area contributed by atoms with Crippen molar-refractivity contribution < 1.29 is 4.74 Å². The highest BCUT2D eigenvalue weighted by molar-refractivity contribution is 6.11. The van der Waals surface area contributed by atoms with Crippen molar-refractivity contribution in [2.45, 2.75) is 12.7 Å². The average Bonchev–Trinajstić information content (AvgIpc) is 2.03. The predicted molar refractivity (Wildman–Crippen MR) is 49.9 cm³/mol. The summed E-state index contributed by atoms with van der Waals surface area (Å²) in [5.41, 5.74) is 0. The first-order valence-electron chi connectivity index (χ1n) is 3.97. The van der Waals surface area contributed by atoms with E-state index < -0.39 is 0 Å². The van der Waals surface area contributed by atoms with Crippen molar-refractivity contribution in [1.29, 1.82) is 0 Å². The molecule has 0 aliphatic carbocycles. The fourth-order valence-electron chi connectivity index (χ4n) is 0.780. The third kappa shape index (κ3) is 3.12. The second-order valence-corrected chi connectivity index (χ2v) is 3.02. The maximum Gasteiger partial charge on any atom is 0.119 e. The Morgan fingerprint density at radius 2 is 2.00 bits per heavy atom. The Balaban J connectivity index is 2.39. The first kappa shape index (κ1) is 8.18. The molecular formula is C9H13BO. The van der Waals surface area contributed by atoms with E-state index in [2.05, 4.69) is 14.8 Å². The molecule has 0 heterocycles. The van der Waals surface area contributed by atoms with Crippen LogP contribution in [0.25, 0.3) is 0 Å². The Morgan fingerprint density at radius 3 is 2.55 bits per heavy atom. The molecular weight excluding hydrogens is 135 g/mol. The second-order valence-electron chi connectivity index (χ2n) is 3.02. The molecule has 0 saturated carbocycles. The van der Waals surface area contributed by atoms with Crippen LogP contribution < -0.4 is 4.74 Å². The van der Waals surface area contributed by atoms with Crippen LogP contribution in [0.15, 0.2) is 30.3 Å². The first-order chi connectivity index (χ1) is 5.29. The van der Waals surface area contributed by atoms with Crippen LogP contribution in [0.3, 0.4) is 0 Å². The summed E-state index contributed by atoms with van der Waals surface area (Å²) in [4.78, 5) is 0. The molecule has 58 valence electrons. The van der Waals surface area contributed by atoms with Crippen LogP contribution in [-0.2, 0) is 0 Å². The van der Waals surface area contributed by atoms with Gasteiger partial charge in [0.25, 0.3) is 0 Å². The van der Waals surface area contributed by atoms with Crippen LogP contribution in [0.1, 0.15) is 6.92 Å². The third-order valence-electron chi connectivity index (χ3n) is 1.33. The molecule has 0 amide bonds. The number of hydrogen-bond acceptors (Lipinski definition) is 1. The Hall–Kier alpha value is -0.915. The summed E-state index contributed by atoms with van der Waals surface area (Å²) in [6.45, 7) is 2.94. The molecule has 2 heteroatoms. The van der Waals surface area contributed by atoms with Gasteiger partial charge in [-0.2, -0.15) is 0 Å². The van der Waals surface area contributed by atoms with Crippen LogP contribution in [0.4, 0.5) is 0 Å². The Bertz CT molecular complexity index is 196. The minimum absolute atomic E-state index is 0.593. The maximum atomic E-state index is 5.47. The molecule has 1 aromatic rings. The molecule has 0 bridgehead atoms. The molecule has 11 heavy (non-hydrogen) atoms. The number of rotatable bonds is 3. The Kier molecular flexibility index (Phi) is 3.03. The third-order valence-corrected chi connectivity index (χ3v) is 1.33. The number of benzene rings is 1. The lowest BCUT2D eigenvalue weighted by atomic mass is 9.91. The second kappa shape index (κ2) is 4.07. The summed E-state index contributed by atoms with van der Waals surface area (Å²) in [5, 5.41) is 0. The lowest BCUT2D eigenvalue weighted by Gasteiger charge is -2.07. The smallest absolute Gasteiger partial charge is 0.119 e. The van der Waals surface area contributed by atoms with Crippen LogP contribution in [0.2, 0.25) is 5.82 Å². The fraction of sp³-hybridized carbons (Fsp3) is 0.333. The first-order valence-corrected chi connectivity index (χ1v) is 3.97. The zero-order valence-corrected chi connectivity index (χ0v) is 7.08. The Morgan fingerprint density at radius 1 is 1.36 bits per heavy atom. The summed E-state index contributed by atoms with van der Waals surface area (Å²) in [7, 11) is 2.14. The summed E-state index contributed by atoms with van der Waals surface area (Å²) in [5.74, 6) is 1.55. The monoisotopic (exact) mass is 148 g/mol. The number of ether oxygens (including phenoxy) is 1. The van der Waals surface area contributed by atoms with Crippen molar-refractivity contribution in [3.8, 4) is 5.75 Å². The minimum atomic E-state index is 0.593. The molecule has 1 atom stereocenters. The summed E-state index contributed by atoms with van der Waals surface area (Å²) in [6, 6.07) is 9.90. The molecule has 0 aliphatic heterocycles. The van der Waals surface area contributed by atoms with E-state index >= 15 is 0 Å². The van der Waals surface area contributed by atoms with Gasteiger partial charge in [-0.3, -0.25) is 0 Å². The van der Waals surface area contributed by atoms with E-state index in [4.69, 9.17) is 4.74 Å². The maximum absolute atomic E-state index is 5.47. The molecule has 0 N–H and O–H groups in total. The summed E-state index contributed by atoms with van der Waals surface area (Å²) < 4.78 is 5.47. The van der Waals surface area contributed by atoms with Crippen LogP contribution >= 0.6 is 0 Å². The normalized spacial score (nSPS) is 12.5. The summed E-state index contributed by atoms with van der Waals surface area (Å²) in [6.07, 6.45) is 0. The Labute approximate surface area is 68.8 Å². The SMILES string of the molecule is BC(C)COc1ccccc1. The van der Waals surface area contributed by atoms with Crippen LogP contribution in [-0.4, -0.2) is 14.5 Å². The molecule has 1 rings (SSSR count). The molecule has 1 nitrogen and oxygen atoms in total. The number of para-hydroxylation sites is 1. The largest absolute Gasteiger partial charge is 0.494 e. The fourth-order valence-corrected chi connectivity index (χ4v) is 0.780. The zero-order valence-electron chi connectivity index (χ0n) is 7.08. The molecule has 0 spiro atoms. The van der Waals surface area contributed by atoms with Crippen molar-refractivity contribution >= 4 is 7.85 Å². The van der Waals surface area contributed by atoms with E-state index in [1.54, 1.807) is 0 Å². The van der Waals surface area contributed by atoms with Gasteiger partial charge in [0, 0.05) is 0 Å². The van der Waals surface area contributed by atoms with Crippen molar-refractivity contribution in [3.63, 3.8) is 0 Å². The molecule has 0 radical (unpaired) electrons. The highest BCUT2D eigenvalue weighted by Crippen LogP contribution is 2.09. The quantitative estimate of drug-likeness (QED) is 0.590. The molecule has 0 fully saturated rings. The van der Waals surface area contributed by atoms with Gasteiger partial charge in [-0.05, 0) is 17.9 Å². The van der Waals surface area contributed by atoms with Gasteiger partial charge < -0.3 is 4.74 Å². The lowest BCUT2D eigenvalue weighted by molar-refractivity contribution is 0.318. The number of hydrogen-bond donors (Lipinski definition) is 0. The summed E-state index contributed by atoms with van der Waals surface area (Å²) >= 11 is 0. The van der Waals surface area contributed by atoms with Gasteiger partial charge in [0.05, 0.1) is 6.61 Å². The molecule has 1 unspecified atom stereocenters. The van der Waals surface area contributed by atoms with E-state index in [0.717, 1.165) is 12.4 Å². The van der Waals surface area contributed by atoms with Crippen molar-refractivity contribution in [2.75, 3.05) is 6.61 Å². The zero-order chi connectivity index (χ0) is 8.10. The van der Waals surface area contributed by atoms with Gasteiger partial charge in [0.2, 0.25) is 0 Å². The van der Waals surface area contributed by atoms with Gasteiger partial charge in [-0.25, -0.2) is 0 Å².